The summed E-state index contributed by atoms with van der Waals surface area (Å²) in [6.07, 6.45) is 5.25. The van der Waals surface area contributed by atoms with Crippen LogP contribution in [0.1, 0.15) is 65.8 Å². The summed E-state index contributed by atoms with van der Waals surface area (Å²) in [7, 11) is 0. The van der Waals surface area contributed by atoms with Gasteiger partial charge in [0.1, 0.15) is 5.82 Å². The zero-order chi connectivity index (χ0) is 22.0. The lowest BCUT2D eigenvalue weighted by atomic mass is 9.79. The number of rotatable bonds is 7. The van der Waals surface area contributed by atoms with Gasteiger partial charge in [0.15, 0.2) is 6.61 Å². The van der Waals surface area contributed by atoms with Crippen LogP contribution in [0.2, 0.25) is 0 Å². The normalized spacial score (nSPS) is 20.2. The maximum atomic E-state index is 13.8. The third-order valence-electron chi connectivity index (χ3n) is 6.84. The second-order valence-electron chi connectivity index (χ2n) is 8.83. The van der Waals surface area contributed by atoms with E-state index in [0.29, 0.717) is 24.0 Å². The number of hydrogen-bond donors (Lipinski definition) is 0. The van der Waals surface area contributed by atoms with Crippen LogP contribution < -0.4 is 0 Å². The number of Topliss-reactive ketones (excluding diaryl/α,β-unsaturated/α-hetero) is 1. The van der Waals surface area contributed by atoms with Crippen LogP contribution in [0.15, 0.2) is 30.3 Å². The predicted octanol–water partition coefficient (Wildman–Crippen LogP) is 4.66. The number of carbonyl (C=O) groups excluding carboxylic acids is 2. The standard InChI is InChI=1S/C25H30FNO4/c1-17-13-22(18(2)27(17)15-21-9-6-12-30-21)23(28)16-31-24(29)25(10-3-4-11-25)19-7-5-8-20(26)14-19/h5,7-8,13-14,21H,3-4,6,9-12,15-16H2,1-2H3/t21-/m1/s1. The molecular weight excluding hydrogens is 397 g/mol. The highest BCUT2D eigenvalue weighted by Gasteiger charge is 2.44. The molecule has 1 aliphatic carbocycles. The van der Waals surface area contributed by atoms with E-state index < -0.39 is 11.4 Å². The Bertz CT molecular complexity index is 968. The molecule has 166 valence electrons. The maximum Gasteiger partial charge on any atom is 0.317 e. The molecule has 0 spiro atoms. The second-order valence-corrected chi connectivity index (χ2v) is 8.83. The molecule has 0 bridgehead atoms. The van der Waals surface area contributed by atoms with E-state index in [1.807, 2.05) is 19.9 Å². The number of ketones is 1. The monoisotopic (exact) mass is 427 g/mol. The summed E-state index contributed by atoms with van der Waals surface area (Å²) in [5.41, 5.74) is 2.22. The number of aromatic nitrogens is 1. The van der Waals surface area contributed by atoms with Crippen LogP contribution in [-0.4, -0.2) is 35.6 Å². The Morgan fingerprint density at radius 2 is 1.97 bits per heavy atom. The van der Waals surface area contributed by atoms with Crippen molar-refractivity contribution in [3.8, 4) is 0 Å². The average Bonchev–Trinajstić information content (AvgIpc) is 3.50. The molecule has 31 heavy (non-hydrogen) atoms. The van der Waals surface area contributed by atoms with E-state index >= 15 is 0 Å². The quantitative estimate of drug-likeness (QED) is 0.476. The summed E-state index contributed by atoms with van der Waals surface area (Å²) >= 11 is 0. The van der Waals surface area contributed by atoms with E-state index in [0.717, 1.165) is 50.2 Å². The first-order chi connectivity index (χ1) is 14.9. The Morgan fingerprint density at radius 3 is 2.65 bits per heavy atom. The molecule has 1 saturated carbocycles. The van der Waals surface area contributed by atoms with Gasteiger partial charge in [-0.15, -0.1) is 0 Å². The van der Waals surface area contributed by atoms with Gasteiger partial charge in [-0.2, -0.15) is 0 Å². The van der Waals surface area contributed by atoms with E-state index in [9.17, 15) is 14.0 Å². The smallest absolute Gasteiger partial charge is 0.317 e. The molecule has 1 atom stereocenters. The number of aryl methyl sites for hydroxylation is 1. The van der Waals surface area contributed by atoms with Crippen LogP contribution in [-0.2, 0) is 26.2 Å². The predicted molar refractivity (Wildman–Crippen MR) is 115 cm³/mol. The number of hydrogen-bond acceptors (Lipinski definition) is 4. The number of carbonyl (C=O) groups is 2. The molecule has 2 fully saturated rings. The molecule has 2 heterocycles. The van der Waals surface area contributed by atoms with Crippen LogP contribution in [0.25, 0.3) is 0 Å². The van der Waals surface area contributed by atoms with E-state index in [-0.39, 0.29) is 24.3 Å². The van der Waals surface area contributed by atoms with Crippen LogP contribution in [0, 0.1) is 19.7 Å². The molecular formula is C25H30FNO4. The molecule has 1 aromatic carbocycles. The van der Waals surface area contributed by atoms with Crippen LogP contribution in [0.5, 0.6) is 0 Å². The Balaban J connectivity index is 1.46. The van der Waals surface area contributed by atoms with Gasteiger partial charge in [-0.3, -0.25) is 9.59 Å². The van der Waals surface area contributed by atoms with Crippen molar-refractivity contribution in [2.45, 2.75) is 70.4 Å². The summed E-state index contributed by atoms with van der Waals surface area (Å²) in [6.45, 7) is 5.11. The fourth-order valence-electron chi connectivity index (χ4n) is 5.08. The van der Waals surface area contributed by atoms with E-state index in [2.05, 4.69) is 4.57 Å². The summed E-state index contributed by atoms with van der Waals surface area (Å²) in [5, 5.41) is 0. The summed E-state index contributed by atoms with van der Waals surface area (Å²) < 4.78 is 27.2. The van der Waals surface area contributed by atoms with Gasteiger partial charge in [-0.1, -0.05) is 25.0 Å². The lowest BCUT2D eigenvalue weighted by molar-refractivity contribution is -0.149. The highest BCUT2D eigenvalue weighted by Crippen LogP contribution is 2.42. The molecule has 1 aromatic heterocycles. The van der Waals surface area contributed by atoms with Crippen molar-refractivity contribution >= 4 is 11.8 Å². The first kappa shape index (κ1) is 21.8. The summed E-state index contributed by atoms with van der Waals surface area (Å²) in [6, 6.07) is 8.03. The molecule has 5 nitrogen and oxygen atoms in total. The minimum absolute atomic E-state index is 0.180. The van der Waals surface area contributed by atoms with Gasteiger partial charge in [0.25, 0.3) is 0 Å². The van der Waals surface area contributed by atoms with Crippen LogP contribution >= 0.6 is 0 Å². The molecule has 0 unspecified atom stereocenters. The SMILES string of the molecule is Cc1cc(C(=O)COC(=O)C2(c3cccc(F)c3)CCCC2)c(C)n1C[C@H]1CCCO1. The van der Waals surface area contributed by atoms with E-state index in [1.54, 1.807) is 12.1 Å². The van der Waals surface area contributed by atoms with Crippen LogP contribution in [0.3, 0.4) is 0 Å². The van der Waals surface area contributed by atoms with Crippen LogP contribution in [0.4, 0.5) is 4.39 Å². The number of ether oxygens (including phenoxy) is 2. The number of benzene rings is 1. The van der Waals surface area contributed by atoms with E-state index in [4.69, 9.17) is 9.47 Å². The minimum Gasteiger partial charge on any atom is -0.457 e. The van der Waals surface area contributed by atoms with Gasteiger partial charge < -0.3 is 14.0 Å². The second kappa shape index (κ2) is 8.95. The molecule has 1 saturated heterocycles. The summed E-state index contributed by atoms with van der Waals surface area (Å²) in [4.78, 5) is 26.0. The van der Waals surface area contributed by atoms with Crippen molar-refractivity contribution in [1.29, 1.82) is 0 Å². The molecule has 1 aliphatic heterocycles. The highest BCUT2D eigenvalue weighted by molar-refractivity contribution is 5.99. The zero-order valence-electron chi connectivity index (χ0n) is 18.3. The highest BCUT2D eigenvalue weighted by atomic mass is 19.1. The Hall–Kier alpha value is -2.47. The van der Waals surface area contributed by atoms with Gasteiger partial charge in [0.05, 0.1) is 11.5 Å². The van der Waals surface area contributed by atoms with Crippen molar-refractivity contribution in [2.24, 2.45) is 0 Å². The third-order valence-corrected chi connectivity index (χ3v) is 6.84. The minimum atomic E-state index is -0.862. The number of esters is 1. The van der Waals surface area contributed by atoms with Gasteiger partial charge in [0.2, 0.25) is 5.78 Å². The van der Waals surface area contributed by atoms with Crippen molar-refractivity contribution in [2.75, 3.05) is 13.2 Å². The number of nitrogens with zero attached hydrogens (tertiary/aromatic N) is 1. The third kappa shape index (κ3) is 4.31. The Morgan fingerprint density at radius 1 is 1.19 bits per heavy atom. The molecule has 0 amide bonds. The van der Waals surface area contributed by atoms with Gasteiger partial charge in [0, 0.05) is 30.1 Å². The number of halogens is 1. The Labute approximate surface area is 182 Å². The van der Waals surface area contributed by atoms with Crippen molar-refractivity contribution < 1.29 is 23.5 Å². The summed E-state index contributed by atoms with van der Waals surface area (Å²) in [5.74, 6) is -1.02. The van der Waals surface area contributed by atoms with Gasteiger partial charge in [-0.25, -0.2) is 4.39 Å². The zero-order valence-corrected chi connectivity index (χ0v) is 18.3. The molecule has 0 N–H and O–H groups in total. The largest absolute Gasteiger partial charge is 0.457 e. The first-order valence-corrected chi connectivity index (χ1v) is 11.2. The fourth-order valence-corrected chi connectivity index (χ4v) is 5.08. The topological polar surface area (TPSA) is 57.5 Å². The van der Waals surface area contributed by atoms with Gasteiger partial charge >= 0.3 is 5.97 Å². The Kier molecular flexibility index (Phi) is 6.28. The lowest BCUT2D eigenvalue weighted by Crippen LogP contribution is -2.36. The lowest BCUT2D eigenvalue weighted by Gasteiger charge is -2.27. The molecule has 0 radical (unpaired) electrons. The average molecular weight is 428 g/mol. The molecule has 2 aromatic rings. The van der Waals surface area contributed by atoms with Crippen molar-refractivity contribution in [3.63, 3.8) is 0 Å². The molecule has 2 aliphatic rings. The molecule has 4 rings (SSSR count). The first-order valence-electron chi connectivity index (χ1n) is 11.2. The molecule has 6 heteroatoms. The fraction of sp³-hybridized carbons (Fsp3) is 0.520. The van der Waals surface area contributed by atoms with E-state index in [1.165, 1.54) is 12.1 Å². The van der Waals surface area contributed by atoms with Gasteiger partial charge in [-0.05, 0) is 63.3 Å². The maximum absolute atomic E-state index is 13.8. The van der Waals surface area contributed by atoms with Crippen molar-refractivity contribution in [3.05, 3.63) is 58.7 Å². The van der Waals surface area contributed by atoms with Crippen molar-refractivity contribution in [1.82, 2.24) is 4.57 Å².